The Bertz CT molecular complexity index is 3150. The number of amides is 4. The number of rotatable bonds is 13. The average Bonchev–Trinajstić information content (AvgIpc) is 4.09. The maximum absolute atomic E-state index is 17.3. The highest BCUT2D eigenvalue weighted by atomic mass is 19.1. The Morgan fingerprint density at radius 3 is 2.20 bits per heavy atom. The lowest BCUT2D eigenvalue weighted by molar-refractivity contribution is -0.138. The second-order valence-electron chi connectivity index (χ2n) is 23.7. The first-order valence-electron chi connectivity index (χ1n) is 28.5. The molecule has 1 aromatic heterocycles. The van der Waals surface area contributed by atoms with Crippen molar-refractivity contribution in [3.63, 3.8) is 0 Å². The van der Waals surface area contributed by atoms with Crippen LogP contribution in [0, 0.1) is 34.6 Å². The summed E-state index contributed by atoms with van der Waals surface area (Å²) in [6, 6.07) is 7.67. The van der Waals surface area contributed by atoms with E-state index < -0.39 is 89.0 Å². The van der Waals surface area contributed by atoms with Gasteiger partial charge in [0.05, 0.1) is 61.2 Å². The molecule has 8 aliphatic rings. The van der Waals surface area contributed by atoms with Crippen LogP contribution in [0.15, 0.2) is 53.5 Å². The van der Waals surface area contributed by atoms with Gasteiger partial charge in [-0.25, -0.2) is 36.5 Å². The molecule has 432 valence electrons. The molecule has 2 saturated carbocycles. The number of ether oxygens (including phenoxy) is 3. The second kappa shape index (κ2) is 21.1. The zero-order valence-corrected chi connectivity index (χ0v) is 46.1. The average molecular weight is 1130 g/mol. The fourth-order valence-electron chi connectivity index (χ4n) is 14.4. The topological polar surface area (TPSA) is 186 Å². The fourth-order valence-corrected chi connectivity index (χ4v) is 14.4. The summed E-state index contributed by atoms with van der Waals surface area (Å²) in [6.45, 7) is 5.17. The third kappa shape index (κ3) is 9.59. The number of aromatic amines is 1. The number of alkyl carbamates (subject to hydrolysis) is 2. The normalized spacial score (nSPS) is 27.4. The third-order valence-corrected chi connectivity index (χ3v) is 19.2. The molecule has 3 aromatic carbocycles. The van der Waals surface area contributed by atoms with E-state index in [1.54, 1.807) is 44.7 Å². The van der Waals surface area contributed by atoms with Crippen LogP contribution in [0.4, 0.5) is 54.3 Å². The molecule has 17 nitrogen and oxygen atoms in total. The number of halogens is 5. The number of piperidine rings is 1. The van der Waals surface area contributed by atoms with Gasteiger partial charge in [0.2, 0.25) is 11.8 Å². The molecular formula is C59H69F5N10O7. The van der Waals surface area contributed by atoms with E-state index in [4.69, 9.17) is 24.2 Å². The molecule has 4 N–H and O–H groups in total. The minimum Gasteiger partial charge on any atom is -0.453 e. The van der Waals surface area contributed by atoms with Gasteiger partial charge in [0.1, 0.15) is 46.9 Å². The standard InChI is InChI=1S/C59H69F5N10O7/c1-30(79-3)48(69-56(77)80-4)54(75)72-20-6-8-47(72)53-67-42-27-36(38(62)29-44(42)68-53)46-14-13-45(74(46)34-24-39(63)49(40(64)25-34)71-22-15-32(16-23-71)31-9-11-33(60)12-10-31)35-26-41-43(28-37(35)61)66-51-50(65-41)59(51)17-7-21-73(59)55(76)52(58(2)18-19-58)70-57(78)81-5/h9-12,24-26,28,30,32,36,38,45-48,51-52,66H,6-8,13-23,27,29H2,1-5H3,(H,67,68)(H,69,77)(H,70,78)/t30-,36?,38?,45-,46-,47+,48+,51?,52-,59+/m1/s1. The zero-order chi connectivity index (χ0) is 56.8. The van der Waals surface area contributed by atoms with E-state index in [1.165, 1.54) is 51.7 Å². The number of nitrogens with one attached hydrogen (secondary N) is 4. The molecule has 0 radical (unpaired) electrons. The summed E-state index contributed by atoms with van der Waals surface area (Å²) in [5.41, 5.74) is 2.69. The SMILES string of the molecule is COC(=O)N[C@H](C(=O)N1CCC[C@H]1c1nc2c([nH]1)CC([C@H]1CC[C@H](c3cc4c(cc3F)NC3C(=N4)[C@@]34CCCN4C(=O)[C@@H](NC(=O)OC)C3(C)CC3)N1c1cc(F)c(N3CCC(c4ccc(F)cc4)CC3)c(F)c1)C(F)C2)[C@@H](C)OC. The number of hydrogen-bond donors (Lipinski definition) is 4. The number of aromatic nitrogens is 2. The summed E-state index contributed by atoms with van der Waals surface area (Å²) >= 11 is 0. The highest BCUT2D eigenvalue weighted by molar-refractivity contribution is 6.23. The predicted molar refractivity (Wildman–Crippen MR) is 290 cm³/mol. The van der Waals surface area contributed by atoms with Crippen LogP contribution < -0.4 is 25.8 Å². The Morgan fingerprint density at radius 2 is 1.51 bits per heavy atom. The van der Waals surface area contributed by atoms with Gasteiger partial charge >= 0.3 is 12.2 Å². The van der Waals surface area contributed by atoms with E-state index in [0.29, 0.717) is 106 Å². The van der Waals surface area contributed by atoms with Crippen LogP contribution in [0.25, 0.3) is 0 Å². The molecule has 4 amide bonds. The van der Waals surface area contributed by atoms with E-state index in [2.05, 4.69) is 20.9 Å². The first kappa shape index (κ1) is 54.6. The van der Waals surface area contributed by atoms with Crippen LogP contribution in [0.5, 0.6) is 0 Å². The van der Waals surface area contributed by atoms with E-state index in [9.17, 15) is 23.6 Å². The number of nitrogens with zero attached hydrogens (tertiary/aromatic N) is 6. The number of imidazole rings is 1. The highest BCUT2D eigenvalue weighted by Gasteiger charge is 2.71. The van der Waals surface area contributed by atoms with Gasteiger partial charge in [0.15, 0.2) is 11.6 Å². The predicted octanol–water partition coefficient (Wildman–Crippen LogP) is 9.00. The number of aliphatic imine (C=N–C) groups is 1. The quantitative estimate of drug-likeness (QED) is 0.0937. The molecule has 6 heterocycles. The lowest BCUT2D eigenvalue weighted by atomic mass is 9.81. The number of hydrogen-bond acceptors (Lipinski definition) is 12. The van der Waals surface area contributed by atoms with Crippen LogP contribution in [-0.4, -0.2) is 139 Å². The van der Waals surface area contributed by atoms with Crippen molar-refractivity contribution in [3.05, 3.63) is 100 Å². The van der Waals surface area contributed by atoms with Gasteiger partial charge in [-0.3, -0.25) is 14.6 Å². The molecule has 3 aliphatic carbocycles. The fraction of sp³-hybridized carbons (Fsp3) is 0.559. The molecule has 4 aromatic rings. The Kier molecular flexibility index (Phi) is 14.2. The first-order valence-corrected chi connectivity index (χ1v) is 28.5. The van der Waals surface area contributed by atoms with Crippen molar-refractivity contribution < 1.29 is 55.3 Å². The molecule has 4 saturated heterocycles. The number of likely N-dealkylation sites (tertiary alicyclic amines) is 2. The summed E-state index contributed by atoms with van der Waals surface area (Å²) in [5.74, 6) is -3.33. The van der Waals surface area contributed by atoms with Crippen LogP contribution in [0.3, 0.4) is 0 Å². The molecule has 5 aliphatic heterocycles. The van der Waals surface area contributed by atoms with Gasteiger partial charge in [-0.05, 0) is 131 Å². The van der Waals surface area contributed by atoms with Gasteiger partial charge in [-0.2, -0.15) is 0 Å². The monoisotopic (exact) mass is 1120 g/mol. The Balaban J connectivity index is 0.853. The third-order valence-electron chi connectivity index (χ3n) is 19.2. The van der Waals surface area contributed by atoms with E-state index in [1.807, 2.05) is 6.92 Å². The van der Waals surface area contributed by atoms with Crippen molar-refractivity contribution in [1.29, 1.82) is 0 Å². The van der Waals surface area contributed by atoms with Crippen molar-refractivity contribution in [1.82, 2.24) is 30.4 Å². The van der Waals surface area contributed by atoms with Crippen LogP contribution >= 0.6 is 0 Å². The highest BCUT2D eigenvalue weighted by Crippen LogP contribution is 2.57. The van der Waals surface area contributed by atoms with Gasteiger partial charge < -0.3 is 54.7 Å². The molecule has 6 fully saturated rings. The van der Waals surface area contributed by atoms with Crippen molar-refractivity contribution in [2.45, 2.75) is 151 Å². The number of alkyl halides is 1. The second-order valence-corrected chi connectivity index (χ2v) is 23.7. The lowest BCUT2D eigenvalue weighted by Gasteiger charge is -2.40. The summed E-state index contributed by atoms with van der Waals surface area (Å²) < 4.78 is 97.3. The molecular weight excluding hydrogens is 1060 g/mol. The maximum atomic E-state index is 17.3. The van der Waals surface area contributed by atoms with Crippen molar-refractivity contribution in [2.75, 3.05) is 62.6 Å². The molecule has 1 spiro atoms. The number of H-pyrrole nitrogens is 1. The number of carbonyl (C=O) groups is 4. The molecule has 12 rings (SSSR count). The number of benzene rings is 3. The van der Waals surface area contributed by atoms with Crippen LogP contribution in [0.2, 0.25) is 0 Å². The molecule has 10 atom stereocenters. The van der Waals surface area contributed by atoms with E-state index in [0.717, 1.165) is 24.1 Å². The van der Waals surface area contributed by atoms with Gasteiger partial charge in [0.25, 0.3) is 0 Å². The maximum Gasteiger partial charge on any atom is 0.407 e. The number of methoxy groups -OCH3 is 3. The van der Waals surface area contributed by atoms with Gasteiger partial charge in [-0.15, -0.1) is 0 Å². The summed E-state index contributed by atoms with van der Waals surface area (Å²) in [7, 11) is 3.91. The Hall–Kier alpha value is -6.97. The van der Waals surface area contributed by atoms with E-state index in [-0.39, 0.29) is 59.4 Å². The van der Waals surface area contributed by atoms with E-state index >= 15 is 17.6 Å². The van der Waals surface area contributed by atoms with Crippen molar-refractivity contribution in [2.24, 2.45) is 16.3 Å². The van der Waals surface area contributed by atoms with Crippen LogP contribution in [0.1, 0.15) is 124 Å². The smallest absolute Gasteiger partial charge is 0.407 e. The largest absolute Gasteiger partial charge is 0.453 e. The Morgan fingerprint density at radius 1 is 0.790 bits per heavy atom. The molecule has 3 unspecified atom stereocenters. The van der Waals surface area contributed by atoms with Crippen LogP contribution in [-0.2, 0) is 36.6 Å². The Labute approximate surface area is 466 Å². The minimum absolute atomic E-state index is 0.0769. The molecule has 0 bridgehead atoms. The number of fused-ring (bicyclic) bond motifs is 5. The number of carbonyl (C=O) groups excluding carboxylic acids is 4. The summed E-state index contributed by atoms with van der Waals surface area (Å²) in [6.07, 6.45) is 2.33. The number of anilines is 3. The molecule has 81 heavy (non-hydrogen) atoms. The summed E-state index contributed by atoms with van der Waals surface area (Å²) in [4.78, 5) is 73.8. The molecule has 22 heteroatoms. The van der Waals surface area contributed by atoms with Crippen molar-refractivity contribution >= 4 is 52.5 Å². The van der Waals surface area contributed by atoms with Gasteiger partial charge in [0, 0.05) is 68.6 Å². The zero-order valence-electron chi connectivity index (χ0n) is 46.1. The lowest BCUT2D eigenvalue weighted by Crippen LogP contribution is -2.55. The first-order chi connectivity index (χ1) is 38.9. The summed E-state index contributed by atoms with van der Waals surface area (Å²) in [5, 5.41) is 8.87. The van der Waals surface area contributed by atoms with Crippen molar-refractivity contribution in [3.8, 4) is 0 Å². The minimum atomic E-state index is -1.47. The van der Waals surface area contributed by atoms with Gasteiger partial charge in [-0.1, -0.05) is 19.1 Å².